The molecular weight excluding hydrogens is 346 g/mol. The molecule has 2 nitrogen and oxygen atoms in total. The summed E-state index contributed by atoms with van der Waals surface area (Å²) in [7, 11) is 0. The number of carbonyl (C=O) groups excluding carboxylic acids is 1. The summed E-state index contributed by atoms with van der Waals surface area (Å²) >= 11 is 10.5. The minimum Gasteiger partial charge on any atom is -0.321 e. The van der Waals surface area contributed by atoms with Crippen molar-refractivity contribution in [2.24, 2.45) is 0 Å². The van der Waals surface area contributed by atoms with E-state index in [0.717, 1.165) is 23.9 Å². The number of anilines is 1. The first-order valence-electron chi connectivity index (χ1n) is 5.90. The highest BCUT2D eigenvalue weighted by atomic mass is 79.9. The van der Waals surface area contributed by atoms with Crippen LogP contribution in [0.5, 0.6) is 0 Å². The van der Waals surface area contributed by atoms with E-state index in [-0.39, 0.29) is 5.91 Å². The largest absolute Gasteiger partial charge is 0.321 e. The summed E-state index contributed by atoms with van der Waals surface area (Å²) in [6.45, 7) is 0. The van der Waals surface area contributed by atoms with E-state index in [1.54, 1.807) is 12.1 Å². The van der Waals surface area contributed by atoms with Crippen LogP contribution >= 0.6 is 38.9 Å². The summed E-state index contributed by atoms with van der Waals surface area (Å²) in [5.74, 6) is -0.116. The van der Waals surface area contributed by atoms with Crippen LogP contribution in [-0.4, -0.2) is 11.2 Å². The van der Waals surface area contributed by atoms with Crippen LogP contribution in [0.3, 0.4) is 0 Å². The Morgan fingerprint density at radius 1 is 1.32 bits per heavy atom. The molecule has 0 saturated heterocycles. The number of amides is 1. The van der Waals surface area contributed by atoms with Crippen molar-refractivity contribution in [3.63, 3.8) is 0 Å². The van der Waals surface area contributed by atoms with Gasteiger partial charge in [-0.1, -0.05) is 39.7 Å². The molecule has 19 heavy (non-hydrogen) atoms. The molecular formula is C14H13BrClNOS. The fraction of sp³-hybridized carbons (Fsp3) is 0.214. The third kappa shape index (κ3) is 4.34. The average molecular weight is 359 g/mol. The number of alkyl halides is 1. The normalized spacial score (nSPS) is 10.4. The number of halogens is 2. The van der Waals surface area contributed by atoms with Crippen LogP contribution in [0, 0.1) is 0 Å². The molecule has 0 saturated carbocycles. The molecule has 0 bridgehead atoms. The van der Waals surface area contributed by atoms with Crippen molar-refractivity contribution in [2.45, 2.75) is 12.8 Å². The third-order valence-electron chi connectivity index (χ3n) is 2.58. The fourth-order valence-corrected chi connectivity index (χ4v) is 2.92. The topological polar surface area (TPSA) is 29.1 Å². The Balaban J connectivity index is 2.04. The zero-order chi connectivity index (χ0) is 13.7. The predicted molar refractivity (Wildman–Crippen MR) is 85.8 cm³/mol. The number of hydrogen-bond acceptors (Lipinski definition) is 2. The molecule has 0 aliphatic carbocycles. The zero-order valence-electron chi connectivity index (χ0n) is 10.2. The lowest BCUT2D eigenvalue weighted by Crippen LogP contribution is -2.10. The van der Waals surface area contributed by atoms with E-state index < -0.39 is 0 Å². The molecule has 0 aliphatic heterocycles. The number of rotatable bonds is 5. The molecule has 1 aromatic carbocycles. The van der Waals surface area contributed by atoms with Crippen molar-refractivity contribution in [3.05, 3.63) is 51.2 Å². The highest BCUT2D eigenvalue weighted by Crippen LogP contribution is 2.22. The molecule has 1 aromatic heterocycles. The predicted octanol–water partition coefficient (Wildman–Crippen LogP) is 4.98. The van der Waals surface area contributed by atoms with Crippen LogP contribution in [0.4, 0.5) is 5.69 Å². The first-order chi connectivity index (χ1) is 9.19. The van der Waals surface area contributed by atoms with Crippen LogP contribution in [0.1, 0.15) is 21.7 Å². The molecule has 0 radical (unpaired) electrons. The maximum atomic E-state index is 12.0. The van der Waals surface area contributed by atoms with Crippen molar-refractivity contribution in [2.75, 3.05) is 10.6 Å². The number of thiophene rings is 1. The SMILES string of the molecule is O=C(Nc1cccc(CCCBr)c1)c1ccc(Cl)s1. The Bertz CT molecular complexity index is 570. The summed E-state index contributed by atoms with van der Waals surface area (Å²) in [6.07, 6.45) is 2.08. The Morgan fingerprint density at radius 2 is 2.16 bits per heavy atom. The Kier molecular flexibility index (Phi) is 5.43. The van der Waals surface area contributed by atoms with Crippen molar-refractivity contribution in [1.29, 1.82) is 0 Å². The third-order valence-corrected chi connectivity index (χ3v) is 4.37. The number of aryl methyl sites for hydroxylation is 1. The van der Waals surface area contributed by atoms with Crippen molar-refractivity contribution in [1.82, 2.24) is 0 Å². The number of nitrogens with one attached hydrogen (secondary N) is 1. The molecule has 100 valence electrons. The van der Waals surface area contributed by atoms with E-state index in [9.17, 15) is 4.79 Å². The first kappa shape index (κ1) is 14.6. The second-order valence-corrected chi connectivity index (χ2v) is 6.56. The van der Waals surface area contributed by atoms with Gasteiger partial charge in [0.1, 0.15) is 0 Å². The molecule has 0 fully saturated rings. The summed E-state index contributed by atoms with van der Waals surface area (Å²) in [5, 5.41) is 3.87. The van der Waals surface area contributed by atoms with Crippen LogP contribution in [0.15, 0.2) is 36.4 Å². The van der Waals surface area contributed by atoms with Gasteiger partial charge in [0.15, 0.2) is 0 Å². The van der Waals surface area contributed by atoms with Gasteiger partial charge in [-0.2, -0.15) is 0 Å². The molecule has 0 atom stereocenters. The lowest BCUT2D eigenvalue weighted by molar-refractivity contribution is 0.103. The second kappa shape index (κ2) is 7.08. The van der Waals surface area contributed by atoms with E-state index in [0.29, 0.717) is 9.21 Å². The summed E-state index contributed by atoms with van der Waals surface area (Å²) in [6, 6.07) is 11.4. The lowest BCUT2D eigenvalue weighted by Gasteiger charge is -2.06. The number of benzene rings is 1. The monoisotopic (exact) mass is 357 g/mol. The molecule has 1 amide bonds. The maximum Gasteiger partial charge on any atom is 0.265 e. The maximum absolute atomic E-state index is 12.0. The van der Waals surface area contributed by atoms with Crippen LogP contribution in [0.25, 0.3) is 0 Å². The van der Waals surface area contributed by atoms with Gasteiger partial charge in [-0.3, -0.25) is 4.79 Å². The molecule has 5 heteroatoms. The fourth-order valence-electron chi connectivity index (χ4n) is 1.70. The molecule has 0 aliphatic rings. The quantitative estimate of drug-likeness (QED) is 0.750. The zero-order valence-corrected chi connectivity index (χ0v) is 13.3. The average Bonchev–Trinajstić information content (AvgIpc) is 2.83. The van der Waals surface area contributed by atoms with Gasteiger partial charge in [0.05, 0.1) is 9.21 Å². The molecule has 1 heterocycles. The summed E-state index contributed by atoms with van der Waals surface area (Å²) < 4.78 is 0.622. The standard InChI is InChI=1S/C14H13BrClNOS/c15-8-2-4-10-3-1-5-11(9-10)17-14(18)12-6-7-13(16)19-12/h1,3,5-7,9H,2,4,8H2,(H,17,18). The number of hydrogen-bond donors (Lipinski definition) is 1. The Labute approximate surface area is 129 Å². The van der Waals surface area contributed by atoms with Gasteiger partial charge in [-0.15, -0.1) is 11.3 Å². The Hall–Kier alpha value is -0.840. The van der Waals surface area contributed by atoms with E-state index in [1.807, 2.05) is 18.2 Å². The van der Waals surface area contributed by atoms with Crippen molar-refractivity contribution < 1.29 is 4.79 Å². The van der Waals surface area contributed by atoms with E-state index in [2.05, 4.69) is 27.3 Å². The molecule has 0 unspecified atom stereocenters. The van der Waals surface area contributed by atoms with Crippen LogP contribution in [0.2, 0.25) is 4.34 Å². The molecule has 2 aromatic rings. The number of carbonyl (C=O) groups is 1. The van der Waals surface area contributed by atoms with Gasteiger partial charge in [-0.05, 0) is 42.7 Å². The summed E-state index contributed by atoms with van der Waals surface area (Å²) in [4.78, 5) is 12.6. The van der Waals surface area contributed by atoms with Crippen molar-refractivity contribution in [3.8, 4) is 0 Å². The van der Waals surface area contributed by atoms with Gasteiger partial charge in [0, 0.05) is 11.0 Å². The van der Waals surface area contributed by atoms with Crippen LogP contribution < -0.4 is 5.32 Å². The molecule has 1 N–H and O–H groups in total. The first-order valence-corrected chi connectivity index (χ1v) is 8.22. The van der Waals surface area contributed by atoms with Gasteiger partial charge < -0.3 is 5.32 Å². The second-order valence-electron chi connectivity index (χ2n) is 4.05. The van der Waals surface area contributed by atoms with Crippen LogP contribution in [-0.2, 0) is 6.42 Å². The highest BCUT2D eigenvalue weighted by Gasteiger charge is 2.09. The van der Waals surface area contributed by atoms with E-state index in [4.69, 9.17) is 11.6 Å². The van der Waals surface area contributed by atoms with E-state index in [1.165, 1.54) is 16.9 Å². The van der Waals surface area contributed by atoms with Gasteiger partial charge >= 0.3 is 0 Å². The summed E-state index contributed by atoms with van der Waals surface area (Å²) in [5.41, 5.74) is 2.04. The minimum absolute atomic E-state index is 0.116. The van der Waals surface area contributed by atoms with Crippen molar-refractivity contribution >= 4 is 50.5 Å². The van der Waals surface area contributed by atoms with Gasteiger partial charge in [0.25, 0.3) is 5.91 Å². The molecule has 2 rings (SSSR count). The Morgan fingerprint density at radius 3 is 2.84 bits per heavy atom. The van der Waals surface area contributed by atoms with Gasteiger partial charge in [0.2, 0.25) is 0 Å². The van der Waals surface area contributed by atoms with E-state index >= 15 is 0 Å². The highest BCUT2D eigenvalue weighted by molar-refractivity contribution is 9.09. The minimum atomic E-state index is -0.116. The smallest absolute Gasteiger partial charge is 0.265 e. The van der Waals surface area contributed by atoms with Gasteiger partial charge in [-0.25, -0.2) is 0 Å². The molecule has 0 spiro atoms. The lowest BCUT2D eigenvalue weighted by atomic mass is 10.1.